The summed E-state index contributed by atoms with van der Waals surface area (Å²) in [4.78, 5) is 40.0. The van der Waals surface area contributed by atoms with E-state index in [-0.39, 0.29) is 10.2 Å². The molecule has 2 aliphatic heterocycles. The Bertz CT molecular complexity index is 1700. The fourth-order valence-corrected chi connectivity index (χ4v) is 8.13. The average Bonchev–Trinajstić information content (AvgIpc) is 3.67. The van der Waals surface area contributed by atoms with E-state index in [2.05, 4.69) is 53.5 Å². The van der Waals surface area contributed by atoms with Gasteiger partial charge in [-0.3, -0.25) is 19.3 Å². The van der Waals surface area contributed by atoms with Crippen molar-refractivity contribution in [3.63, 3.8) is 0 Å². The van der Waals surface area contributed by atoms with Crippen molar-refractivity contribution in [2.75, 3.05) is 11.4 Å². The van der Waals surface area contributed by atoms with Crippen LogP contribution >= 0.6 is 35.7 Å². The largest absolute Gasteiger partial charge is 0.480 e. The maximum atomic E-state index is 12.8. The molecule has 2 fully saturated rings. The number of hydrogen-bond acceptors (Lipinski definition) is 7. The van der Waals surface area contributed by atoms with Crippen LogP contribution in [0.3, 0.4) is 0 Å². The van der Waals surface area contributed by atoms with Crippen molar-refractivity contribution < 1.29 is 24.6 Å². The molecule has 3 aromatic rings. The molecule has 0 bridgehead atoms. The van der Waals surface area contributed by atoms with E-state index in [0.29, 0.717) is 16.9 Å². The molecule has 3 aliphatic rings. The molecule has 0 radical (unpaired) electrons. The number of thiocarbonyl (C=S) groups is 1. The smallest absolute Gasteiger partial charge is 0.323 e. The number of hydrogen-bond donors (Lipinski definition) is 2. The van der Waals surface area contributed by atoms with Crippen LogP contribution in [0.4, 0.5) is 11.4 Å². The van der Waals surface area contributed by atoms with Crippen molar-refractivity contribution in [3.8, 4) is 0 Å². The fraction of sp³-hybridized carbons (Fsp3) is 0.235. The van der Waals surface area contributed by atoms with Gasteiger partial charge in [0.25, 0.3) is 5.91 Å². The molecule has 0 aromatic heterocycles. The summed E-state index contributed by atoms with van der Waals surface area (Å²) in [5, 5.41) is 17.8. The summed E-state index contributed by atoms with van der Waals surface area (Å²) in [5.74, 6) is -1.86. The van der Waals surface area contributed by atoms with Crippen LogP contribution in [0.5, 0.6) is 0 Å². The lowest BCUT2D eigenvalue weighted by Crippen LogP contribution is -2.33. The molecule has 3 unspecified atom stereocenters. The van der Waals surface area contributed by atoms with Crippen molar-refractivity contribution in [1.29, 1.82) is 0 Å². The molecule has 3 aromatic carbocycles. The van der Waals surface area contributed by atoms with Crippen LogP contribution in [0.2, 0.25) is 0 Å². The third kappa shape index (κ3) is 6.20. The van der Waals surface area contributed by atoms with Crippen LogP contribution in [0.25, 0.3) is 18.2 Å². The highest BCUT2D eigenvalue weighted by molar-refractivity contribution is 8.26. The molecule has 1 aliphatic carbocycles. The number of nitrogens with zero attached hydrogens (tertiary/aromatic N) is 2. The summed E-state index contributed by atoms with van der Waals surface area (Å²) < 4.78 is 0.268. The molecule has 224 valence electrons. The molecule has 0 spiro atoms. The second-order valence-electron chi connectivity index (χ2n) is 11.0. The van der Waals surface area contributed by atoms with Gasteiger partial charge in [-0.2, -0.15) is 0 Å². The normalized spacial score (nSPS) is 20.9. The summed E-state index contributed by atoms with van der Waals surface area (Å²) in [5.41, 5.74) is 6.66. The first-order chi connectivity index (χ1) is 21.2. The molecule has 2 N–H and O–H groups in total. The van der Waals surface area contributed by atoms with Gasteiger partial charge in [-0.1, -0.05) is 72.9 Å². The molecule has 10 heteroatoms. The predicted octanol–water partition coefficient (Wildman–Crippen LogP) is 7.50. The predicted molar refractivity (Wildman–Crippen MR) is 181 cm³/mol. The summed E-state index contributed by atoms with van der Waals surface area (Å²) in [7, 11) is 0. The average molecular weight is 643 g/mol. The number of aliphatic carboxylic acids is 2. The Hall–Kier alpha value is -3.86. The lowest BCUT2D eigenvalue weighted by Gasteiger charge is -2.27. The minimum absolute atomic E-state index is 0.268. The molecule has 6 rings (SSSR count). The lowest BCUT2D eigenvalue weighted by molar-refractivity contribution is -0.140. The second-order valence-corrected chi connectivity index (χ2v) is 14.1. The van der Waals surface area contributed by atoms with Gasteiger partial charge in [0.05, 0.1) is 4.91 Å². The van der Waals surface area contributed by atoms with Gasteiger partial charge in [0, 0.05) is 28.2 Å². The highest BCUT2D eigenvalue weighted by Gasteiger charge is 2.42. The monoisotopic (exact) mass is 642 g/mol. The van der Waals surface area contributed by atoms with Gasteiger partial charge in [-0.25, -0.2) is 0 Å². The number of carbonyl (C=O) groups is 3. The Morgan fingerprint density at radius 3 is 2.32 bits per heavy atom. The third-order valence-corrected chi connectivity index (χ3v) is 10.6. The van der Waals surface area contributed by atoms with Gasteiger partial charge in [0.1, 0.15) is 16.1 Å². The zero-order valence-corrected chi connectivity index (χ0v) is 26.3. The Kier molecular flexibility index (Phi) is 8.66. The highest BCUT2D eigenvalue weighted by Crippen LogP contribution is 2.52. The van der Waals surface area contributed by atoms with Gasteiger partial charge in [-0.15, -0.1) is 11.8 Å². The van der Waals surface area contributed by atoms with Crippen LogP contribution in [0.15, 0.2) is 76.5 Å². The van der Waals surface area contributed by atoms with Gasteiger partial charge in [-0.05, 0) is 84.5 Å². The van der Waals surface area contributed by atoms with E-state index < -0.39 is 23.7 Å². The van der Waals surface area contributed by atoms with Crippen molar-refractivity contribution in [3.05, 3.63) is 93.9 Å². The summed E-state index contributed by atoms with van der Waals surface area (Å²) >= 11 is 7.72. The number of carbonyl (C=O) groups excluding carboxylic acids is 1. The number of thioether (sulfide) groups is 2. The van der Waals surface area contributed by atoms with Gasteiger partial charge in [0.2, 0.25) is 0 Å². The first kappa shape index (κ1) is 30.2. The van der Waals surface area contributed by atoms with Crippen LogP contribution in [-0.4, -0.2) is 55.1 Å². The zero-order valence-electron chi connectivity index (χ0n) is 23.9. The molecule has 44 heavy (non-hydrogen) atoms. The first-order valence-electron chi connectivity index (χ1n) is 14.4. The number of benzene rings is 3. The zero-order chi connectivity index (χ0) is 31.0. The van der Waals surface area contributed by atoms with E-state index in [1.54, 1.807) is 6.92 Å². The van der Waals surface area contributed by atoms with Crippen LogP contribution in [-0.2, 0) is 14.4 Å². The van der Waals surface area contributed by atoms with Gasteiger partial charge in [0.15, 0.2) is 0 Å². The van der Waals surface area contributed by atoms with Crippen LogP contribution in [0.1, 0.15) is 54.4 Å². The van der Waals surface area contributed by atoms with E-state index in [4.69, 9.17) is 22.4 Å². The Morgan fingerprint density at radius 2 is 1.66 bits per heavy atom. The van der Waals surface area contributed by atoms with Gasteiger partial charge < -0.3 is 15.1 Å². The third-order valence-electron chi connectivity index (χ3n) is 8.17. The lowest BCUT2D eigenvalue weighted by atomic mass is 9.96. The number of amides is 1. The van der Waals surface area contributed by atoms with Crippen molar-refractivity contribution in [2.45, 2.75) is 48.3 Å². The molecular weight excluding hydrogens is 613 g/mol. The van der Waals surface area contributed by atoms with Gasteiger partial charge >= 0.3 is 11.9 Å². The maximum Gasteiger partial charge on any atom is 0.323 e. The Labute approximate surface area is 269 Å². The maximum absolute atomic E-state index is 12.8. The number of carboxylic acids is 2. The quantitative estimate of drug-likeness (QED) is 0.106. The number of carboxylic acid groups (broad SMARTS) is 2. The SMILES string of the molecule is CC(Sc1ccc(C=Cc2ccc(N3c4ccc(/C=C5\SC(=S)N(CC(=O)O)C5=O)cc4C4CCCC43)cc2)cc1)C(=O)O. The van der Waals surface area contributed by atoms with Crippen molar-refractivity contribution >= 4 is 87.5 Å². The molecule has 1 saturated heterocycles. The molecule has 1 amide bonds. The fourth-order valence-electron chi connectivity index (χ4n) is 6.07. The summed E-state index contributed by atoms with van der Waals surface area (Å²) in [6.07, 6.45) is 9.34. The number of rotatable bonds is 9. The van der Waals surface area contributed by atoms with Crippen LogP contribution < -0.4 is 4.90 Å². The second kappa shape index (κ2) is 12.6. The van der Waals surface area contributed by atoms with Crippen LogP contribution in [0, 0.1) is 0 Å². The van der Waals surface area contributed by atoms with E-state index in [0.717, 1.165) is 63.2 Å². The number of anilines is 2. The Morgan fingerprint density at radius 1 is 1.00 bits per heavy atom. The molecule has 7 nitrogen and oxygen atoms in total. The standard InChI is InChI=1S/C34H30N2O5S3/c1-20(33(40)41)43-25-14-9-22(10-15-25)6-5-21-7-12-24(13-8-21)36-28-4-2-3-26(28)27-17-23(11-16-29(27)36)18-30-32(39)35(19-31(37)38)34(42)44-30/h5-18,20,26,28H,2-4,19H2,1H3,(H,37,38)(H,40,41)/b6-5?,30-18-. The first-order valence-corrected chi connectivity index (χ1v) is 16.5. The van der Waals surface area contributed by atoms with Crippen molar-refractivity contribution in [2.24, 2.45) is 0 Å². The van der Waals surface area contributed by atoms with Crippen molar-refractivity contribution in [1.82, 2.24) is 4.90 Å². The summed E-state index contributed by atoms with van der Waals surface area (Å²) in [6.45, 7) is 1.25. The van der Waals surface area contributed by atoms with E-state index in [1.807, 2.05) is 36.4 Å². The van der Waals surface area contributed by atoms with E-state index in [1.165, 1.54) is 23.0 Å². The molecular formula is C34H30N2O5S3. The summed E-state index contributed by atoms with van der Waals surface area (Å²) in [6, 6.07) is 23.2. The van der Waals surface area contributed by atoms with E-state index >= 15 is 0 Å². The topological polar surface area (TPSA) is 98.2 Å². The molecule has 2 heterocycles. The van der Waals surface area contributed by atoms with E-state index in [9.17, 15) is 14.4 Å². The molecule has 1 saturated carbocycles. The highest BCUT2D eigenvalue weighted by atomic mass is 32.2. The minimum atomic E-state index is -1.09. The number of fused-ring (bicyclic) bond motifs is 3. The Balaban J connectivity index is 1.18. The molecule has 3 atom stereocenters. The minimum Gasteiger partial charge on any atom is -0.480 e.